The van der Waals surface area contributed by atoms with Gasteiger partial charge in [0.05, 0.1) is 17.6 Å². The molecular weight excluding hydrogens is 338 g/mol. The molecule has 9 heteroatoms. The third kappa shape index (κ3) is 5.57. The van der Waals surface area contributed by atoms with E-state index in [0.717, 1.165) is 57.4 Å². The van der Waals surface area contributed by atoms with Gasteiger partial charge in [0, 0.05) is 32.8 Å². The molecule has 1 saturated heterocycles. The molecule has 1 fully saturated rings. The Bertz CT molecular complexity index is 702. The van der Waals surface area contributed by atoms with Crippen LogP contribution >= 0.6 is 0 Å². The summed E-state index contributed by atoms with van der Waals surface area (Å²) < 4.78 is 7.88. The Labute approximate surface area is 152 Å². The number of anilines is 1. The highest BCUT2D eigenvalue weighted by Crippen LogP contribution is 2.23. The van der Waals surface area contributed by atoms with E-state index in [1.54, 1.807) is 0 Å². The number of hydrogen-bond donors (Lipinski definition) is 1. The average Bonchev–Trinajstić information content (AvgIpc) is 2.82. The van der Waals surface area contributed by atoms with Crippen molar-refractivity contribution in [3.63, 3.8) is 0 Å². The van der Waals surface area contributed by atoms with Crippen molar-refractivity contribution in [3.8, 4) is 0 Å². The van der Waals surface area contributed by atoms with E-state index in [2.05, 4.69) is 45.7 Å². The zero-order valence-electron chi connectivity index (χ0n) is 15.4. The summed E-state index contributed by atoms with van der Waals surface area (Å²) >= 11 is 0. The van der Waals surface area contributed by atoms with E-state index in [1.165, 1.54) is 11.9 Å². The van der Waals surface area contributed by atoms with Gasteiger partial charge in [0.25, 0.3) is 5.09 Å². The van der Waals surface area contributed by atoms with Gasteiger partial charge in [-0.15, -0.1) is 10.1 Å². The van der Waals surface area contributed by atoms with Crippen molar-refractivity contribution in [1.29, 1.82) is 0 Å². The van der Waals surface area contributed by atoms with Crippen LogP contribution in [0.2, 0.25) is 0 Å². The first kappa shape index (κ1) is 19.9. The lowest BCUT2D eigenvalue weighted by Gasteiger charge is -2.23. The minimum absolute atomic E-state index is 0.734. The van der Waals surface area contributed by atoms with Crippen molar-refractivity contribution in [2.45, 2.75) is 19.9 Å². The molecule has 1 aromatic carbocycles. The van der Waals surface area contributed by atoms with E-state index in [-0.39, 0.29) is 0 Å². The zero-order chi connectivity index (χ0) is 18.9. The molecular formula is C17H27N5O4. The number of hydrogen-bond acceptors (Lipinski definition) is 6. The van der Waals surface area contributed by atoms with Crippen LogP contribution < -0.4 is 4.90 Å². The second-order valence-electron chi connectivity index (χ2n) is 6.13. The van der Waals surface area contributed by atoms with Crippen LogP contribution in [0.4, 0.5) is 5.95 Å². The fraction of sp³-hybridized carbons (Fsp3) is 0.588. The molecule has 9 nitrogen and oxygen atoms in total. The first-order valence-corrected chi connectivity index (χ1v) is 8.82. The van der Waals surface area contributed by atoms with Crippen LogP contribution in [0.25, 0.3) is 11.0 Å². The van der Waals surface area contributed by atoms with Crippen LogP contribution in [0.15, 0.2) is 24.3 Å². The number of para-hydroxylation sites is 2. The molecule has 2 heterocycles. The van der Waals surface area contributed by atoms with E-state index in [1.807, 2.05) is 6.92 Å². The van der Waals surface area contributed by atoms with E-state index >= 15 is 0 Å². The lowest BCUT2D eigenvalue weighted by atomic mass is 10.3. The predicted molar refractivity (Wildman–Crippen MR) is 99.3 cm³/mol. The van der Waals surface area contributed by atoms with Crippen molar-refractivity contribution >= 4 is 17.0 Å². The van der Waals surface area contributed by atoms with Crippen LogP contribution in [0.5, 0.6) is 0 Å². The van der Waals surface area contributed by atoms with E-state index in [9.17, 15) is 0 Å². The summed E-state index contributed by atoms with van der Waals surface area (Å²) in [5.74, 6) is 1.09. The zero-order valence-corrected chi connectivity index (χ0v) is 15.4. The fourth-order valence-electron chi connectivity index (χ4n) is 3.07. The quantitative estimate of drug-likeness (QED) is 0.491. The lowest BCUT2D eigenvalue weighted by Crippen LogP contribution is -2.31. The molecule has 0 saturated carbocycles. The third-order valence-corrected chi connectivity index (χ3v) is 4.30. The molecule has 0 amide bonds. The molecule has 1 aliphatic heterocycles. The van der Waals surface area contributed by atoms with E-state index in [0.29, 0.717) is 0 Å². The summed E-state index contributed by atoms with van der Waals surface area (Å²) in [5.41, 5.74) is 2.28. The maximum Gasteiger partial charge on any atom is 0.291 e. The molecule has 0 aliphatic carbocycles. The smallest absolute Gasteiger partial charge is 0.291 e. The summed E-state index contributed by atoms with van der Waals surface area (Å²) in [4.78, 5) is 18.1. The Hall–Kier alpha value is -2.39. The van der Waals surface area contributed by atoms with Crippen LogP contribution in [-0.2, 0) is 11.3 Å². The van der Waals surface area contributed by atoms with Gasteiger partial charge < -0.3 is 24.3 Å². The van der Waals surface area contributed by atoms with E-state index in [4.69, 9.17) is 25.0 Å². The van der Waals surface area contributed by atoms with Crippen molar-refractivity contribution in [3.05, 3.63) is 34.4 Å². The Morgan fingerprint density at radius 3 is 2.73 bits per heavy atom. The third-order valence-electron chi connectivity index (χ3n) is 4.30. The summed E-state index contributed by atoms with van der Waals surface area (Å²) in [6.45, 7) is 8.75. The molecule has 0 bridgehead atoms. The predicted octanol–water partition coefficient (Wildman–Crippen LogP) is 1.87. The summed E-state index contributed by atoms with van der Waals surface area (Å²) in [6, 6.07) is 8.39. The highest BCUT2D eigenvalue weighted by molar-refractivity contribution is 5.78. The second-order valence-corrected chi connectivity index (χ2v) is 6.13. The molecule has 0 radical (unpaired) electrons. The van der Waals surface area contributed by atoms with Gasteiger partial charge in [-0.3, -0.25) is 0 Å². The number of nitrogens with zero attached hydrogens (tertiary/aromatic N) is 5. The lowest BCUT2D eigenvalue weighted by molar-refractivity contribution is -0.742. The van der Waals surface area contributed by atoms with Gasteiger partial charge in [-0.1, -0.05) is 12.1 Å². The molecule has 1 aliphatic rings. The molecule has 0 unspecified atom stereocenters. The van der Waals surface area contributed by atoms with Gasteiger partial charge >= 0.3 is 0 Å². The first-order chi connectivity index (χ1) is 12.5. The van der Waals surface area contributed by atoms with Gasteiger partial charge in [-0.05, 0) is 39.1 Å². The summed E-state index contributed by atoms with van der Waals surface area (Å²) in [6.07, 6.45) is 1.19. The largest absolute Gasteiger partial charge is 0.380 e. The highest BCUT2D eigenvalue weighted by atomic mass is 16.9. The molecule has 26 heavy (non-hydrogen) atoms. The van der Waals surface area contributed by atoms with Crippen LogP contribution in [0.1, 0.15) is 13.3 Å². The monoisotopic (exact) mass is 365 g/mol. The average molecular weight is 365 g/mol. The molecule has 0 spiro atoms. The number of aromatic nitrogens is 2. The van der Waals surface area contributed by atoms with Crippen LogP contribution in [0.3, 0.4) is 0 Å². The molecule has 2 aromatic rings. The van der Waals surface area contributed by atoms with Crippen LogP contribution in [-0.4, -0.2) is 71.2 Å². The maximum atomic E-state index is 8.36. The molecule has 1 aromatic heterocycles. The van der Waals surface area contributed by atoms with Crippen LogP contribution in [0, 0.1) is 10.1 Å². The molecule has 0 atom stereocenters. The SMILES string of the molecule is CCOCCn1c(N2CCCN(C)CC2)nc2ccccc21.O=[N+]([O-])O. The van der Waals surface area contributed by atoms with Gasteiger partial charge in [0.2, 0.25) is 5.95 Å². The number of imidazole rings is 1. The van der Waals surface area contributed by atoms with Gasteiger partial charge in [0.15, 0.2) is 0 Å². The summed E-state index contributed by atoms with van der Waals surface area (Å²) in [5, 5.41) is 13.6. The number of rotatable bonds is 5. The Balaban J connectivity index is 0.000000552. The first-order valence-electron chi connectivity index (χ1n) is 8.82. The minimum atomic E-state index is -1.50. The second kappa shape index (κ2) is 9.93. The fourth-order valence-corrected chi connectivity index (χ4v) is 3.07. The normalized spacial score (nSPS) is 15.4. The number of fused-ring (bicyclic) bond motifs is 1. The van der Waals surface area contributed by atoms with Crippen molar-refractivity contribution in [2.75, 3.05) is 51.3 Å². The Morgan fingerprint density at radius 2 is 2.00 bits per heavy atom. The van der Waals surface area contributed by atoms with Gasteiger partial charge in [-0.2, -0.15) is 0 Å². The van der Waals surface area contributed by atoms with Crippen molar-refractivity contribution in [1.82, 2.24) is 14.5 Å². The standard InChI is InChI=1S/C17H26N4O.HNO3/c1-3-22-14-13-21-16-8-5-4-7-15(16)18-17(21)20-10-6-9-19(2)11-12-20;2-1(3)4/h4-5,7-8H,3,6,9-14H2,1-2H3;(H,2,3,4). The van der Waals surface area contributed by atoms with Crippen molar-refractivity contribution < 1.29 is 15.0 Å². The number of likely N-dealkylation sites (N-methyl/N-ethyl adjacent to an activating group) is 1. The topological polar surface area (TPSA) is 96.9 Å². The number of ether oxygens (including phenoxy) is 1. The van der Waals surface area contributed by atoms with Crippen molar-refractivity contribution in [2.24, 2.45) is 0 Å². The summed E-state index contributed by atoms with van der Waals surface area (Å²) in [7, 11) is 2.20. The molecule has 144 valence electrons. The van der Waals surface area contributed by atoms with Gasteiger partial charge in [-0.25, -0.2) is 4.98 Å². The molecule has 3 rings (SSSR count). The minimum Gasteiger partial charge on any atom is -0.380 e. The highest BCUT2D eigenvalue weighted by Gasteiger charge is 2.19. The molecule has 1 N–H and O–H groups in total. The Kier molecular flexibility index (Phi) is 7.61. The maximum absolute atomic E-state index is 8.36. The Morgan fingerprint density at radius 1 is 1.27 bits per heavy atom. The number of benzene rings is 1. The van der Waals surface area contributed by atoms with E-state index < -0.39 is 5.09 Å². The van der Waals surface area contributed by atoms with Gasteiger partial charge in [0.1, 0.15) is 0 Å².